The van der Waals surface area contributed by atoms with Crippen molar-refractivity contribution in [2.24, 2.45) is 0 Å². The molecule has 1 N–H and O–H groups in total. The molecular weight excluding hydrogens is 278 g/mol. The molecule has 1 unspecified atom stereocenters. The predicted molar refractivity (Wildman–Crippen MR) is 99.7 cm³/mol. The summed E-state index contributed by atoms with van der Waals surface area (Å²) in [6, 6.07) is 24.6. The Labute approximate surface area is 139 Å². The topological polar surface area (TPSA) is 12.0 Å². The summed E-state index contributed by atoms with van der Waals surface area (Å²) < 4.78 is 0. The Balaban J connectivity index is 1.87. The highest BCUT2D eigenvalue weighted by Gasteiger charge is 2.14. The molecule has 1 nitrogen and oxygen atoms in total. The predicted octanol–water partition coefficient (Wildman–Crippen LogP) is 5.81. The van der Waals surface area contributed by atoms with Crippen LogP contribution in [-0.4, -0.2) is 0 Å². The van der Waals surface area contributed by atoms with Gasteiger partial charge >= 0.3 is 0 Å². The van der Waals surface area contributed by atoms with Crippen LogP contribution in [0.25, 0.3) is 10.8 Å². The molecule has 0 aliphatic heterocycles. The van der Waals surface area contributed by atoms with Gasteiger partial charge in [-0.05, 0) is 47.7 Å². The molecule has 3 aromatic rings. The summed E-state index contributed by atoms with van der Waals surface area (Å²) in [5.74, 6) is 0. The summed E-state index contributed by atoms with van der Waals surface area (Å²) in [6.07, 6.45) is 1.07. The van der Waals surface area contributed by atoms with E-state index in [0.29, 0.717) is 12.1 Å². The van der Waals surface area contributed by atoms with Crippen molar-refractivity contribution < 1.29 is 0 Å². The number of hydrogen-bond donors (Lipinski definition) is 1. The molecule has 0 aromatic heterocycles. The van der Waals surface area contributed by atoms with Crippen molar-refractivity contribution in [3.63, 3.8) is 0 Å². The molecule has 0 amide bonds. The third kappa shape index (κ3) is 3.30. The van der Waals surface area contributed by atoms with Crippen LogP contribution in [0, 0.1) is 0 Å². The highest BCUT2D eigenvalue weighted by atomic mass is 14.9. The molecule has 118 valence electrons. The molecule has 23 heavy (non-hydrogen) atoms. The summed E-state index contributed by atoms with van der Waals surface area (Å²) >= 11 is 0. The van der Waals surface area contributed by atoms with Gasteiger partial charge in [0.05, 0.1) is 0 Å². The Morgan fingerprint density at radius 1 is 0.739 bits per heavy atom. The van der Waals surface area contributed by atoms with Crippen LogP contribution in [0.1, 0.15) is 49.5 Å². The second kappa shape index (κ2) is 6.97. The Morgan fingerprint density at radius 3 is 2.17 bits per heavy atom. The van der Waals surface area contributed by atoms with Gasteiger partial charge in [0.2, 0.25) is 0 Å². The molecule has 0 radical (unpaired) electrons. The van der Waals surface area contributed by atoms with Crippen LogP contribution in [0.3, 0.4) is 0 Å². The minimum absolute atomic E-state index is 0.306. The second-order valence-corrected chi connectivity index (χ2v) is 6.23. The first-order chi connectivity index (χ1) is 11.2. The zero-order valence-electron chi connectivity index (χ0n) is 14.2. The van der Waals surface area contributed by atoms with Gasteiger partial charge in [-0.25, -0.2) is 0 Å². The van der Waals surface area contributed by atoms with Crippen LogP contribution in [0.2, 0.25) is 0 Å². The van der Waals surface area contributed by atoms with Gasteiger partial charge in [-0.2, -0.15) is 0 Å². The maximum Gasteiger partial charge on any atom is 0.0303 e. The van der Waals surface area contributed by atoms with E-state index in [1.807, 2.05) is 0 Å². The first-order valence-electron chi connectivity index (χ1n) is 8.52. The van der Waals surface area contributed by atoms with Gasteiger partial charge in [0.25, 0.3) is 0 Å². The van der Waals surface area contributed by atoms with Crippen LogP contribution >= 0.6 is 0 Å². The fraction of sp³-hybridized carbons (Fsp3) is 0.273. The van der Waals surface area contributed by atoms with Crippen molar-refractivity contribution in [2.75, 3.05) is 0 Å². The summed E-state index contributed by atoms with van der Waals surface area (Å²) in [5.41, 5.74) is 4.20. The molecule has 1 heteroatoms. The van der Waals surface area contributed by atoms with E-state index >= 15 is 0 Å². The lowest BCUT2D eigenvalue weighted by Gasteiger charge is -2.23. The third-order valence-electron chi connectivity index (χ3n) is 4.69. The van der Waals surface area contributed by atoms with Gasteiger partial charge in [0, 0.05) is 12.1 Å². The van der Waals surface area contributed by atoms with Crippen LogP contribution in [0.4, 0.5) is 0 Å². The molecule has 0 aliphatic carbocycles. The standard InChI is InChI=1S/C22H25N/c1-4-18-10-5-7-13-20(18)16(2)23-17(3)21-15-9-12-19-11-6-8-14-22(19)21/h5-17,23H,4H2,1-3H3/t16?,17-/m1/s1. The first kappa shape index (κ1) is 15.8. The van der Waals surface area contributed by atoms with Crippen molar-refractivity contribution in [1.82, 2.24) is 5.32 Å². The minimum atomic E-state index is 0.306. The fourth-order valence-electron chi connectivity index (χ4n) is 3.46. The molecule has 3 rings (SSSR count). The smallest absolute Gasteiger partial charge is 0.0303 e. The SMILES string of the molecule is CCc1ccccc1C(C)N[C@H](C)c1cccc2ccccc12. The fourth-order valence-corrected chi connectivity index (χ4v) is 3.46. The van der Waals surface area contributed by atoms with Gasteiger partial charge in [0.1, 0.15) is 0 Å². The number of rotatable bonds is 5. The molecule has 0 saturated heterocycles. The lowest BCUT2D eigenvalue weighted by atomic mass is 9.96. The number of nitrogens with one attached hydrogen (secondary N) is 1. The van der Waals surface area contributed by atoms with Crippen molar-refractivity contribution in [2.45, 2.75) is 39.3 Å². The summed E-state index contributed by atoms with van der Waals surface area (Å²) in [7, 11) is 0. The number of aryl methyl sites for hydroxylation is 1. The Kier molecular flexibility index (Phi) is 4.78. The van der Waals surface area contributed by atoms with Crippen molar-refractivity contribution in [1.29, 1.82) is 0 Å². The van der Waals surface area contributed by atoms with E-state index in [9.17, 15) is 0 Å². The third-order valence-corrected chi connectivity index (χ3v) is 4.69. The maximum absolute atomic E-state index is 3.78. The van der Waals surface area contributed by atoms with Gasteiger partial charge in [-0.1, -0.05) is 73.7 Å². The van der Waals surface area contributed by atoms with Crippen LogP contribution in [0.5, 0.6) is 0 Å². The molecule has 0 heterocycles. The molecule has 0 bridgehead atoms. The van der Waals surface area contributed by atoms with Gasteiger partial charge in [-0.3, -0.25) is 0 Å². The number of benzene rings is 3. The molecule has 0 saturated carbocycles. The van der Waals surface area contributed by atoms with Gasteiger partial charge < -0.3 is 5.32 Å². The number of fused-ring (bicyclic) bond motifs is 1. The van der Waals surface area contributed by atoms with Crippen molar-refractivity contribution >= 4 is 10.8 Å². The lowest BCUT2D eigenvalue weighted by molar-refractivity contribution is 0.494. The quantitative estimate of drug-likeness (QED) is 0.626. The number of hydrogen-bond acceptors (Lipinski definition) is 1. The Hall–Kier alpha value is -2.12. The Morgan fingerprint density at radius 2 is 1.35 bits per heavy atom. The largest absolute Gasteiger partial charge is 0.304 e. The lowest BCUT2D eigenvalue weighted by Crippen LogP contribution is -2.23. The van der Waals surface area contributed by atoms with Crippen molar-refractivity contribution in [3.05, 3.63) is 83.4 Å². The zero-order valence-corrected chi connectivity index (χ0v) is 14.2. The van der Waals surface area contributed by atoms with Crippen LogP contribution in [-0.2, 0) is 6.42 Å². The minimum Gasteiger partial charge on any atom is -0.304 e. The molecule has 2 atom stereocenters. The first-order valence-corrected chi connectivity index (χ1v) is 8.52. The van der Waals surface area contributed by atoms with Crippen LogP contribution < -0.4 is 5.32 Å². The van der Waals surface area contributed by atoms with E-state index in [1.54, 1.807) is 0 Å². The summed E-state index contributed by atoms with van der Waals surface area (Å²) in [6.45, 7) is 6.74. The average molecular weight is 303 g/mol. The van der Waals surface area contributed by atoms with E-state index in [0.717, 1.165) is 6.42 Å². The monoisotopic (exact) mass is 303 g/mol. The Bertz CT molecular complexity index is 785. The van der Waals surface area contributed by atoms with Crippen molar-refractivity contribution in [3.8, 4) is 0 Å². The molecule has 0 aliphatic rings. The van der Waals surface area contributed by atoms with E-state index < -0.39 is 0 Å². The van der Waals surface area contributed by atoms with E-state index in [1.165, 1.54) is 27.5 Å². The van der Waals surface area contributed by atoms with Gasteiger partial charge in [-0.15, -0.1) is 0 Å². The average Bonchev–Trinajstić information content (AvgIpc) is 2.61. The molecular formula is C22H25N. The van der Waals surface area contributed by atoms with Gasteiger partial charge in [0.15, 0.2) is 0 Å². The maximum atomic E-state index is 3.78. The molecule has 0 fully saturated rings. The molecule has 3 aromatic carbocycles. The zero-order chi connectivity index (χ0) is 16.2. The van der Waals surface area contributed by atoms with E-state index in [4.69, 9.17) is 0 Å². The normalized spacial score (nSPS) is 13.9. The summed E-state index contributed by atoms with van der Waals surface area (Å²) in [4.78, 5) is 0. The highest BCUT2D eigenvalue weighted by molar-refractivity contribution is 5.86. The van der Waals surface area contributed by atoms with Crippen LogP contribution in [0.15, 0.2) is 66.7 Å². The molecule has 0 spiro atoms. The second-order valence-electron chi connectivity index (χ2n) is 6.23. The highest BCUT2D eigenvalue weighted by Crippen LogP contribution is 2.27. The van der Waals surface area contributed by atoms with E-state index in [2.05, 4.69) is 92.8 Å². The summed E-state index contributed by atoms with van der Waals surface area (Å²) in [5, 5.41) is 6.42. The van der Waals surface area contributed by atoms with E-state index in [-0.39, 0.29) is 0 Å².